The molecule has 0 bridgehead atoms. The van der Waals surface area contributed by atoms with Gasteiger partial charge in [0.15, 0.2) is 0 Å². The Morgan fingerprint density at radius 2 is 1.64 bits per heavy atom. The van der Waals surface area contributed by atoms with E-state index < -0.39 is 10.0 Å². The highest BCUT2D eigenvalue weighted by Gasteiger charge is 2.15. The first kappa shape index (κ1) is 18.9. The van der Waals surface area contributed by atoms with Crippen molar-refractivity contribution in [1.29, 1.82) is 0 Å². The Hall–Kier alpha value is -2.41. The van der Waals surface area contributed by atoms with E-state index in [9.17, 15) is 8.42 Å². The van der Waals surface area contributed by atoms with Crippen LogP contribution >= 0.6 is 0 Å². The summed E-state index contributed by atoms with van der Waals surface area (Å²) in [7, 11) is -0.599. The van der Waals surface area contributed by atoms with E-state index in [4.69, 9.17) is 14.2 Å². The highest BCUT2D eigenvalue weighted by atomic mass is 32.2. The summed E-state index contributed by atoms with van der Waals surface area (Å²) in [5.74, 6) is 1.42. The first-order valence-corrected chi connectivity index (χ1v) is 9.57. The Labute approximate surface area is 148 Å². The Morgan fingerprint density at radius 1 is 0.960 bits per heavy atom. The van der Waals surface area contributed by atoms with Gasteiger partial charge < -0.3 is 14.2 Å². The standard InChI is InChI=1S/C18H23NO5S/c1-4-14-5-7-15(8-6-14)24-11-12-25(20,21)19-17-13-16(22-2)9-10-18(17)23-3/h5-10,13,19H,4,11-12H2,1-3H3. The molecule has 0 saturated carbocycles. The second-order valence-corrected chi connectivity index (χ2v) is 7.17. The molecule has 2 rings (SSSR count). The molecule has 0 spiro atoms. The molecular weight excluding hydrogens is 342 g/mol. The van der Waals surface area contributed by atoms with Crippen molar-refractivity contribution >= 4 is 15.7 Å². The van der Waals surface area contributed by atoms with Crippen LogP contribution in [0, 0.1) is 0 Å². The predicted octanol–water partition coefficient (Wildman–Crippen LogP) is 3.09. The Bertz CT molecular complexity index is 788. The first-order valence-electron chi connectivity index (χ1n) is 7.91. The number of anilines is 1. The van der Waals surface area contributed by atoms with E-state index >= 15 is 0 Å². The van der Waals surface area contributed by atoms with E-state index in [0.717, 1.165) is 6.42 Å². The lowest BCUT2D eigenvalue weighted by molar-refractivity contribution is 0.341. The highest BCUT2D eigenvalue weighted by molar-refractivity contribution is 7.92. The van der Waals surface area contributed by atoms with Crippen LogP contribution in [0.4, 0.5) is 5.69 Å². The van der Waals surface area contributed by atoms with Crippen molar-refractivity contribution in [2.75, 3.05) is 31.3 Å². The number of hydrogen-bond acceptors (Lipinski definition) is 5. The van der Waals surface area contributed by atoms with Gasteiger partial charge in [0.05, 0.1) is 19.9 Å². The summed E-state index contributed by atoms with van der Waals surface area (Å²) < 4.78 is 42.8. The summed E-state index contributed by atoms with van der Waals surface area (Å²) in [5.41, 5.74) is 1.53. The summed E-state index contributed by atoms with van der Waals surface area (Å²) in [6.45, 7) is 2.12. The zero-order valence-corrected chi connectivity index (χ0v) is 15.4. The minimum Gasteiger partial charge on any atom is -0.497 e. The van der Waals surface area contributed by atoms with Gasteiger partial charge in [-0.3, -0.25) is 4.72 Å². The summed E-state index contributed by atoms with van der Waals surface area (Å²) in [6.07, 6.45) is 0.945. The van der Waals surface area contributed by atoms with Crippen molar-refractivity contribution in [3.8, 4) is 17.2 Å². The maximum absolute atomic E-state index is 12.3. The molecule has 7 heteroatoms. The minimum absolute atomic E-state index is 0.0487. The van der Waals surface area contributed by atoms with E-state index in [0.29, 0.717) is 22.9 Å². The number of hydrogen-bond donors (Lipinski definition) is 1. The van der Waals surface area contributed by atoms with Crippen molar-refractivity contribution in [3.05, 3.63) is 48.0 Å². The Kier molecular flexibility index (Phi) is 6.52. The number of ether oxygens (including phenoxy) is 3. The van der Waals surface area contributed by atoms with Crippen LogP contribution in [0.5, 0.6) is 17.2 Å². The largest absolute Gasteiger partial charge is 0.497 e. The molecule has 6 nitrogen and oxygen atoms in total. The van der Waals surface area contributed by atoms with Gasteiger partial charge in [0.25, 0.3) is 0 Å². The van der Waals surface area contributed by atoms with E-state index in [1.54, 1.807) is 18.2 Å². The molecule has 0 aromatic heterocycles. The lowest BCUT2D eigenvalue weighted by Gasteiger charge is -2.13. The first-order chi connectivity index (χ1) is 12.0. The van der Waals surface area contributed by atoms with Crippen molar-refractivity contribution in [1.82, 2.24) is 0 Å². The highest BCUT2D eigenvalue weighted by Crippen LogP contribution is 2.29. The number of benzene rings is 2. The molecule has 0 saturated heterocycles. The fourth-order valence-corrected chi connectivity index (χ4v) is 3.10. The Morgan fingerprint density at radius 3 is 2.24 bits per heavy atom. The average molecular weight is 365 g/mol. The minimum atomic E-state index is -3.59. The zero-order chi connectivity index (χ0) is 18.3. The number of sulfonamides is 1. The van der Waals surface area contributed by atoms with Crippen LogP contribution in [0.25, 0.3) is 0 Å². The van der Waals surface area contributed by atoms with E-state index in [1.807, 2.05) is 24.3 Å². The second kappa shape index (κ2) is 8.62. The van der Waals surface area contributed by atoms with Gasteiger partial charge in [0.1, 0.15) is 29.6 Å². The molecule has 0 heterocycles. The number of nitrogens with one attached hydrogen (secondary N) is 1. The van der Waals surface area contributed by atoms with Gasteiger partial charge in [-0.1, -0.05) is 19.1 Å². The molecule has 136 valence electrons. The molecule has 0 amide bonds. The lowest BCUT2D eigenvalue weighted by atomic mass is 10.2. The topological polar surface area (TPSA) is 73.9 Å². The zero-order valence-electron chi connectivity index (χ0n) is 14.6. The molecule has 0 aliphatic heterocycles. The van der Waals surface area contributed by atoms with Crippen molar-refractivity contribution in [3.63, 3.8) is 0 Å². The van der Waals surface area contributed by atoms with Crippen LogP contribution in [0.15, 0.2) is 42.5 Å². The van der Waals surface area contributed by atoms with Crippen molar-refractivity contribution in [2.24, 2.45) is 0 Å². The average Bonchev–Trinajstić information content (AvgIpc) is 2.61. The molecule has 0 aliphatic carbocycles. The van der Waals surface area contributed by atoms with Crippen LogP contribution < -0.4 is 18.9 Å². The smallest absolute Gasteiger partial charge is 0.236 e. The monoisotopic (exact) mass is 365 g/mol. The fraction of sp³-hybridized carbons (Fsp3) is 0.333. The van der Waals surface area contributed by atoms with Crippen LogP contribution in [0.3, 0.4) is 0 Å². The van der Waals surface area contributed by atoms with E-state index in [1.165, 1.54) is 19.8 Å². The maximum atomic E-state index is 12.3. The Balaban J connectivity index is 1.97. The number of rotatable bonds is 9. The van der Waals surface area contributed by atoms with Crippen LogP contribution in [-0.2, 0) is 16.4 Å². The lowest BCUT2D eigenvalue weighted by Crippen LogP contribution is -2.21. The second-order valence-electron chi connectivity index (χ2n) is 5.33. The quantitative estimate of drug-likeness (QED) is 0.739. The molecular formula is C18H23NO5S. The summed E-state index contributed by atoms with van der Waals surface area (Å²) in [4.78, 5) is 0. The third-order valence-corrected chi connectivity index (χ3v) is 4.86. The molecule has 0 aliphatic rings. The molecule has 0 unspecified atom stereocenters. The van der Waals surface area contributed by atoms with Gasteiger partial charge in [0, 0.05) is 6.07 Å². The van der Waals surface area contributed by atoms with Gasteiger partial charge in [-0.25, -0.2) is 8.42 Å². The van der Waals surface area contributed by atoms with Crippen molar-refractivity contribution < 1.29 is 22.6 Å². The normalized spacial score (nSPS) is 11.0. The van der Waals surface area contributed by atoms with E-state index in [-0.39, 0.29) is 12.4 Å². The molecule has 0 atom stereocenters. The fourth-order valence-electron chi connectivity index (χ4n) is 2.20. The van der Waals surface area contributed by atoms with Gasteiger partial charge in [-0.05, 0) is 36.2 Å². The molecule has 0 fully saturated rings. The summed E-state index contributed by atoms with van der Waals surface area (Å²) in [6, 6.07) is 12.5. The van der Waals surface area contributed by atoms with Gasteiger partial charge >= 0.3 is 0 Å². The maximum Gasteiger partial charge on any atom is 0.236 e. The molecule has 2 aromatic carbocycles. The van der Waals surface area contributed by atoms with Crippen LogP contribution in [0.1, 0.15) is 12.5 Å². The van der Waals surface area contributed by atoms with E-state index in [2.05, 4.69) is 11.6 Å². The summed E-state index contributed by atoms with van der Waals surface area (Å²) in [5, 5.41) is 0. The number of methoxy groups -OCH3 is 2. The molecule has 1 N–H and O–H groups in total. The van der Waals surface area contributed by atoms with Crippen molar-refractivity contribution in [2.45, 2.75) is 13.3 Å². The predicted molar refractivity (Wildman–Crippen MR) is 98.3 cm³/mol. The van der Waals surface area contributed by atoms with Crippen LogP contribution in [-0.4, -0.2) is 35.0 Å². The van der Waals surface area contributed by atoms with Gasteiger partial charge in [-0.15, -0.1) is 0 Å². The third-order valence-electron chi connectivity index (χ3n) is 3.62. The van der Waals surface area contributed by atoms with Gasteiger partial charge in [0.2, 0.25) is 10.0 Å². The third kappa shape index (κ3) is 5.56. The number of aryl methyl sites for hydroxylation is 1. The SMILES string of the molecule is CCc1ccc(OCCS(=O)(=O)Nc2cc(OC)ccc2OC)cc1. The van der Waals surface area contributed by atoms with Crippen LogP contribution in [0.2, 0.25) is 0 Å². The molecule has 0 radical (unpaired) electrons. The van der Waals surface area contributed by atoms with Gasteiger partial charge in [-0.2, -0.15) is 0 Å². The summed E-state index contributed by atoms with van der Waals surface area (Å²) >= 11 is 0. The molecule has 25 heavy (non-hydrogen) atoms. The molecule has 2 aromatic rings.